The molecule has 4 rings (SSSR count). The summed E-state index contributed by atoms with van der Waals surface area (Å²) in [5, 5.41) is 15.8. The molecular weight excluding hydrogens is 411 g/mol. The van der Waals surface area contributed by atoms with Gasteiger partial charge in [0.2, 0.25) is 5.91 Å². The molecule has 0 atom stereocenters. The number of aromatic nitrogens is 1. The van der Waals surface area contributed by atoms with E-state index in [2.05, 4.69) is 10.5 Å². The van der Waals surface area contributed by atoms with Crippen molar-refractivity contribution in [1.82, 2.24) is 9.99 Å². The molecule has 0 unspecified atom stereocenters. The molecule has 0 aliphatic carbocycles. The van der Waals surface area contributed by atoms with Crippen LogP contribution in [0.5, 0.6) is 0 Å². The van der Waals surface area contributed by atoms with Crippen molar-refractivity contribution >= 4 is 28.7 Å². The van der Waals surface area contributed by atoms with Crippen molar-refractivity contribution in [1.29, 1.82) is 0 Å². The van der Waals surface area contributed by atoms with Crippen molar-refractivity contribution in [2.45, 2.75) is 13.0 Å². The number of benzene rings is 3. The summed E-state index contributed by atoms with van der Waals surface area (Å²) in [5.41, 5.74) is 5.91. The third-order valence-electron chi connectivity index (χ3n) is 4.99. The number of halogens is 1. The Balaban J connectivity index is 1.45. The van der Waals surface area contributed by atoms with E-state index in [1.54, 1.807) is 30.5 Å². The number of hydrogen-bond donors (Lipinski definition) is 1. The Kier molecular flexibility index (Phi) is 6.03. The maximum atomic E-state index is 13.2. The molecule has 32 heavy (non-hydrogen) atoms. The third-order valence-corrected chi connectivity index (χ3v) is 4.99. The van der Waals surface area contributed by atoms with Crippen LogP contribution in [-0.4, -0.2) is 21.6 Å². The van der Waals surface area contributed by atoms with E-state index in [1.165, 1.54) is 24.3 Å². The lowest BCUT2D eigenvalue weighted by Crippen LogP contribution is -2.19. The first-order valence-electron chi connectivity index (χ1n) is 9.87. The highest BCUT2D eigenvalue weighted by molar-refractivity contribution is 5.99. The van der Waals surface area contributed by atoms with Gasteiger partial charge in [-0.3, -0.25) is 14.9 Å². The van der Waals surface area contributed by atoms with Gasteiger partial charge in [-0.25, -0.2) is 9.82 Å². The fraction of sp³-hybridized carbons (Fsp3) is 0.0833. The number of amides is 1. The van der Waals surface area contributed by atoms with E-state index < -0.39 is 4.92 Å². The lowest BCUT2D eigenvalue weighted by Gasteiger charge is -2.05. The van der Waals surface area contributed by atoms with Gasteiger partial charge in [0, 0.05) is 41.3 Å². The molecule has 1 amide bonds. The summed E-state index contributed by atoms with van der Waals surface area (Å²) in [5.74, 6) is -0.603. The van der Waals surface area contributed by atoms with Crippen molar-refractivity contribution in [2.24, 2.45) is 5.10 Å². The number of nitrogens with one attached hydrogen (secondary N) is 1. The second kappa shape index (κ2) is 9.22. The number of para-hydroxylation sites is 1. The molecule has 0 radical (unpaired) electrons. The van der Waals surface area contributed by atoms with Crippen molar-refractivity contribution < 1.29 is 14.1 Å². The fourth-order valence-corrected chi connectivity index (χ4v) is 3.43. The van der Waals surface area contributed by atoms with Crippen molar-refractivity contribution in [2.75, 3.05) is 0 Å². The molecule has 0 bridgehead atoms. The van der Waals surface area contributed by atoms with Gasteiger partial charge in [0.1, 0.15) is 5.82 Å². The maximum absolute atomic E-state index is 13.2. The minimum absolute atomic E-state index is 0.0239. The Labute approximate surface area is 183 Å². The first-order valence-corrected chi connectivity index (χ1v) is 9.87. The normalized spacial score (nSPS) is 11.2. The molecule has 0 spiro atoms. The predicted octanol–water partition coefficient (Wildman–Crippen LogP) is 4.43. The lowest BCUT2D eigenvalue weighted by molar-refractivity contribution is -0.384. The average molecular weight is 430 g/mol. The highest BCUT2D eigenvalue weighted by Gasteiger charge is 2.09. The van der Waals surface area contributed by atoms with E-state index in [9.17, 15) is 19.3 Å². The van der Waals surface area contributed by atoms with Crippen LogP contribution < -0.4 is 5.43 Å². The summed E-state index contributed by atoms with van der Waals surface area (Å²) in [7, 11) is 0. The number of carbonyl (C=O) groups excluding carboxylic acids is 1. The summed E-state index contributed by atoms with van der Waals surface area (Å²) in [6.07, 6.45) is 3.57. The molecule has 4 aromatic rings. The van der Waals surface area contributed by atoms with E-state index in [0.29, 0.717) is 12.1 Å². The minimum atomic E-state index is -0.485. The summed E-state index contributed by atoms with van der Waals surface area (Å²) >= 11 is 0. The Morgan fingerprint density at radius 2 is 1.72 bits per heavy atom. The van der Waals surface area contributed by atoms with E-state index in [4.69, 9.17) is 0 Å². The number of carbonyl (C=O) groups is 1. The Bertz CT molecular complexity index is 1300. The highest BCUT2D eigenvalue weighted by atomic mass is 19.1. The topological polar surface area (TPSA) is 89.5 Å². The van der Waals surface area contributed by atoms with Gasteiger partial charge in [0.25, 0.3) is 5.69 Å². The Hall–Kier alpha value is -4.33. The van der Waals surface area contributed by atoms with Gasteiger partial charge in [0.15, 0.2) is 0 Å². The van der Waals surface area contributed by atoms with Crippen LogP contribution in [0.15, 0.2) is 84.1 Å². The first kappa shape index (κ1) is 20.9. The predicted molar refractivity (Wildman–Crippen MR) is 120 cm³/mol. The zero-order chi connectivity index (χ0) is 22.5. The van der Waals surface area contributed by atoms with E-state index in [-0.39, 0.29) is 23.8 Å². The van der Waals surface area contributed by atoms with Crippen LogP contribution in [0.3, 0.4) is 0 Å². The number of hydrazone groups is 1. The van der Waals surface area contributed by atoms with E-state index in [1.807, 2.05) is 35.0 Å². The smallest absolute Gasteiger partial charge is 0.269 e. The van der Waals surface area contributed by atoms with Gasteiger partial charge in [-0.1, -0.05) is 42.5 Å². The molecule has 1 N–H and O–H groups in total. The van der Waals surface area contributed by atoms with Gasteiger partial charge in [-0.15, -0.1) is 0 Å². The number of nitro groups is 1. The molecule has 0 aliphatic rings. The second-order valence-corrected chi connectivity index (χ2v) is 7.25. The van der Waals surface area contributed by atoms with Crippen LogP contribution in [0.4, 0.5) is 10.1 Å². The summed E-state index contributed by atoms with van der Waals surface area (Å²) in [4.78, 5) is 22.4. The lowest BCUT2D eigenvalue weighted by atomic mass is 10.1. The summed E-state index contributed by atoms with van der Waals surface area (Å²) in [6, 6.07) is 20.0. The zero-order valence-corrected chi connectivity index (χ0v) is 16.9. The number of rotatable bonds is 7. The third kappa shape index (κ3) is 4.86. The summed E-state index contributed by atoms with van der Waals surface area (Å²) in [6.45, 7) is 0.571. The first-order chi connectivity index (χ1) is 15.5. The van der Waals surface area contributed by atoms with Crippen LogP contribution in [0.25, 0.3) is 10.9 Å². The van der Waals surface area contributed by atoms with Gasteiger partial charge in [-0.05, 0) is 29.3 Å². The zero-order valence-electron chi connectivity index (χ0n) is 16.9. The number of nitrogens with zero attached hydrogens (tertiary/aromatic N) is 3. The number of non-ortho nitro benzene ring substituents is 1. The molecule has 3 aromatic carbocycles. The van der Waals surface area contributed by atoms with Gasteiger partial charge in [-0.2, -0.15) is 5.10 Å². The molecule has 1 aromatic heterocycles. The van der Waals surface area contributed by atoms with Crippen LogP contribution in [-0.2, 0) is 17.8 Å². The van der Waals surface area contributed by atoms with Crippen LogP contribution in [0.1, 0.15) is 16.7 Å². The van der Waals surface area contributed by atoms with Crippen LogP contribution in [0.2, 0.25) is 0 Å². The molecule has 0 saturated carbocycles. The molecule has 160 valence electrons. The molecule has 0 fully saturated rings. The highest BCUT2D eigenvalue weighted by Crippen LogP contribution is 2.21. The fourth-order valence-electron chi connectivity index (χ4n) is 3.43. The Morgan fingerprint density at radius 1 is 1.03 bits per heavy atom. The molecule has 0 saturated heterocycles. The largest absolute Gasteiger partial charge is 0.342 e. The monoisotopic (exact) mass is 430 g/mol. The van der Waals surface area contributed by atoms with Crippen molar-refractivity contribution in [3.63, 3.8) is 0 Å². The average Bonchev–Trinajstić information content (AvgIpc) is 3.13. The van der Waals surface area contributed by atoms with Crippen LogP contribution in [0, 0.1) is 15.9 Å². The number of nitro benzene ring substituents is 1. The van der Waals surface area contributed by atoms with Crippen molar-refractivity contribution in [3.8, 4) is 0 Å². The van der Waals surface area contributed by atoms with Crippen molar-refractivity contribution in [3.05, 3.63) is 112 Å². The maximum Gasteiger partial charge on any atom is 0.269 e. The molecule has 0 aliphatic heterocycles. The van der Waals surface area contributed by atoms with E-state index >= 15 is 0 Å². The minimum Gasteiger partial charge on any atom is -0.342 e. The number of fused-ring (bicyclic) bond motifs is 1. The number of hydrogen-bond acceptors (Lipinski definition) is 4. The van der Waals surface area contributed by atoms with Gasteiger partial charge in [0.05, 0.1) is 17.6 Å². The molecule has 7 nitrogen and oxygen atoms in total. The van der Waals surface area contributed by atoms with Gasteiger partial charge >= 0.3 is 0 Å². The molecule has 1 heterocycles. The van der Waals surface area contributed by atoms with Crippen LogP contribution >= 0.6 is 0 Å². The molecule has 8 heteroatoms. The Morgan fingerprint density at radius 3 is 2.44 bits per heavy atom. The standard InChI is InChI=1S/C24H19FN4O3/c25-20-9-5-18(6-10-20)15-28-16-19(22-3-1-2-4-23(22)28)14-26-27-24(30)13-17-7-11-21(12-8-17)29(31)32/h1-12,14,16H,13,15H2,(H,27,30)/b26-14-. The quantitative estimate of drug-likeness (QED) is 0.267. The SMILES string of the molecule is O=C(Cc1ccc([N+](=O)[O-])cc1)N/N=C\c1cn(Cc2ccc(F)cc2)c2ccccc12. The second-order valence-electron chi connectivity index (χ2n) is 7.25. The van der Waals surface area contributed by atoms with E-state index in [0.717, 1.165) is 22.0 Å². The summed E-state index contributed by atoms with van der Waals surface area (Å²) < 4.78 is 15.2. The van der Waals surface area contributed by atoms with Gasteiger partial charge < -0.3 is 4.57 Å². The molecular formula is C24H19FN4O3.